The van der Waals surface area contributed by atoms with E-state index in [-0.39, 0.29) is 17.1 Å². The van der Waals surface area contributed by atoms with Crippen LogP contribution in [0.5, 0.6) is 0 Å². The Morgan fingerprint density at radius 2 is 2.19 bits per heavy atom. The first-order valence-corrected chi connectivity index (χ1v) is 8.66. The predicted molar refractivity (Wildman–Crippen MR) is 79.3 cm³/mol. The average molecular weight is 316 g/mol. The van der Waals surface area contributed by atoms with Gasteiger partial charge >= 0.3 is 0 Å². The molecule has 0 radical (unpaired) electrons. The molecule has 1 aliphatic rings. The van der Waals surface area contributed by atoms with Crippen LogP contribution in [0.2, 0.25) is 0 Å². The number of sulfonamides is 1. The first-order chi connectivity index (χ1) is 9.80. The number of aliphatic hydroxyl groups is 1. The molecule has 0 saturated carbocycles. The molecule has 1 aliphatic heterocycles. The molecule has 0 aliphatic carbocycles. The Bertz CT molecular complexity index is 565. The molecule has 1 saturated heterocycles. The number of hydrogen-bond acceptors (Lipinski definition) is 5. The van der Waals surface area contributed by atoms with Gasteiger partial charge in [-0.2, -0.15) is 0 Å². The summed E-state index contributed by atoms with van der Waals surface area (Å²) in [6.45, 7) is 4.16. The van der Waals surface area contributed by atoms with Crippen molar-refractivity contribution in [2.75, 3.05) is 27.2 Å². The lowest BCUT2D eigenvalue weighted by Gasteiger charge is -2.33. The van der Waals surface area contributed by atoms with Gasteiger partial charge in [-0.15, -0.1) is 0 Å². The van der Waals surface area contributed by atoms with Crippen molar-refractivity contribution in [3.63, 3.8) is 0 Å². The van der Waals surface area contributed by atoms with Crippen LogP contribution in [0, 0.1) is 5.92 Å². The van der Waals surface area contributed by atoms with E-state index in [9.17, 15) is 13.5 Å². The average Bonchev–Trinajstić information content (AvgIpc) is 2.88. The molecule has 2 heterocycles. The Morgan fingerprint density at radius 3 is 2.81 bits per heavy atom. The molecule has 21 heavy (non-hydrogen) atoms. The molecule has 7 heteroatoms. The fraction of sp³-hybridized carbons (Fsp3) is 0.714. The van der Waals surface area contributed by atoms with Crippen LogP contribution < -0.4 is 0 Å². The van der Waals surface area contributed by atoms with E-state index in [1.165, 1.54) is 20.2 Å². The molecule has 1 aromatic heterocycles. The van der Waals surface area contributed by atoms with Gasteiger partial charge in [-0.05, 0) is 44.4 Å². The molecule has 0 aromatic carbocycles. The number of likely N-dealkylation sites (tertiary alicyclic amines) is 1. The van der Waals surface area contributed by atoms with Crippen molar-refractivity contribution in [2.24, 2.45) is 5.92 Å². The Kier molecular flexibility index (Phi) is 5.08. The highest BCUT2D eigenvalue weighted by molar-refractivity contribution is 7.88. The van der Waals surface area contributed by atoms with Gasteiger partial charge in [0.25, 0.3) is 10.0 Å². The predicted octanol–water partition coefficient (Wildman–Crippen LogP) is 1.12. The molecule has 1 N–H and O–H groups in total. The summed E-state index contributed by atoms with van der Waals surface area (Å²) in [4.78, 5) is 2.20. The van der Waals surface area contributed by atoms with Gasteiger partial charge in [-0.3, -0.25) is 4.90 Å². The summed E-state index contributed by atoms with van der Waals surface area (Å²) in [5, 5.41) is 9.68. The van der Waals surface area contributed by atoms with Crippen molar-refractivity contribution in [1.82, 2.24) is 9.21 Å². The number of rotatable bonds is 5. The van der Waals surface area contributed by atoms with E-state index in [1.54, 1.807) is 6.07 Å². The fourth-order valence-electron chi connectivity index (χ4n) is 2.61. The number of aliphatic hydroxyl groups excluding tert-OH is 1. The number of hydrogen-bond donors (Lipinski definition) is 1. The van der Waals surface area contributed by atoms with Gasteiger partial charge < -0.3 is 9.52 Å². The van der Waals surface area contributed by atoms with Crippen LogP contribution >= 0.6 is 0 Å². The van der Waals surface area contributed by atoms with Gasteiger partial charge in [0.2, 0.25) is 5.09 Å². The van der Waals surface area contributed by atoms with Crippen molar-refractivity contribution in [2.45, 2.75) is 37.5 Å². The normalized spacial score (nSPS) is 22.6. The van der Waals surface area contributed by atoms with E-state index in [1.807, 2.05) is 6.92 Å². The van der Waals surface area contributed by atoms with Crippen molar-refractivity contribution in [1.29, 1.82) is 0 Å². The Balaban J connectivity index is 2.03. The molecule has 120 valence electrons. The summed E-state index contributed by atoms with van der Waals surface area (Å²) in [7, 11) is -0.550. The highest BCUT2D eigenvalue weighted by Crippen LogP contribution is 2.23. The molecule has 1 fully saturated rings. The van der Waals surface area contributed by atoms with E-state index in [0.29, 0.717) is 12.3 Å². The molecule has 2 unspecified atom stereocenters. The third kappa shape index (κ3) is 3.85. The van der Waals surface area contributed by atoms with Crippen LogP contribution in [-0.2, 0) is 16.6 Å². The fourth-order valence-corrected chi connectivity index (χ4v) is 3.42. The van der Waals surface area contributed by atoms with E-state index < -0.39 is 10.0 Å². The minimum atomic E-state index is -3.51. The van der Waals surface area contributed by atoms with Crippen LogP contribution in [0.25, 0.3) is 0 Å². The van der Waals surface area contributed by atoms with Crippen molar-refractivity contribution in [3.05, 3.63) is 17.9 Å². The molecule has 0 bridgehead atoms. The van der Waals surface area contributed by atoms with E-state index in [4.69, 9.17) is 4.42 Å². The number of furan rings is 1. The SMILES string of the molecule is CC(O)C1CCCN(Cc2ccc(S(=O)(=O)N(C)C)o2)C1. The van der Waals surface area contributed by atoms with Gasteiger partial charge in [-0.25, -0.2) is 12.7 Å². The van der Waals surface area contributed by atoms with Gasteiger partial charge in [0.05, 0.1) is 12.6 Å². The van der Waals surface area contributed by atoms with Crippen LogP contribution in [0.1, 0.15) is 25.5 Å². The summed E-state index contributed by atoms with van der Waals surface area (Å²) in [6, 6.07) is 3.21. The molecular weight excluding hydrogens is 292 g/mol. The lowest BCUT2D eigenvalue weighted by atomic mass is 9.93. The highest BCUT2D eigenvalue weighted by Gasteiger charge is 2.25. The van der Waals surface area contributed by atoms with Gasteiger partial charge in [0.1, 0.15) is 5.76 Å². The van der Waals surface area contributed by atoms with Gasteiger partial charge in [0.15, 0.2) is 0 Å². The van der Waals surface area contributed by atoms with Crippen LogP contribution in [0.3, 0.4) is 0 Å². The molecule has 6 nitrogen and oxygen atoms in total. The summed E-state index contributed by atoms with van der Waals surface area (Å²) >= 11 is 0. The van der Waals surface area contributed by atoms with E-state index in [0.717, 1.165) is 30.2 Å². The topological polar surface area (TPSA) is 74.0 Å². The second kappa shape index (κ2) is 6.48. The number of nitrogens with zero attached hydrogens (tertiary/aromatic N) is 2. The quantitative estimate of drug-likeness (QED) is 0.881. The minimum Gasteiger partial charge on any atom is -0.447 e. The Labute approximate surface area is 126 Å². The van der Waals surface area contributed by atoms with Crippen molar-refractivity contribution < 1.29 is 17.9 Å². The maximum absolute atomic E-state index is 12.0. The second-order valence-corrected chi connectivity index (χ2v) is 7.97. The molecule has 0 amide bonds. The molecule has 0 spiro atoms. The maximum Gasteiger partial charge on any atom is 0.275 e. The summed E-state index contributed by atoms with van der Waals surface area (Å²) in [5.41, 5.74) is 0. The zero-order chi connectivity index (χ0) is 15.6. The first kappa shape index (κ1) is 16.5. The lowest BCUT2D eigenvalue weighted by molar-refractivity contribution is 0.0567. The largest absolute Gasteiger partial charge is 0.447 e. The molecule has 2 atom stereocenters. The lowest BCUT2D eigenvalue weighted by Crippen LogP contribution is -2.38. The van der Waals surface area contributed by atoms with Crippen molar-refractivity contribution >= 4 is 10.0 Å². The zero-order valence-electron chi connectivity index (χ0n) is 12.8. The summed E-state index contributed by atoms with van der Waals surface area (Å²) in [5.74, 6) is 0.917. The third-order valence-electron chi connectivity index (χ3n) is 3.98. The molecule has 1 aromatic rings. The van der Waals surface area contributed by atoms with Gasteiger partial charge in [0, 0.05) is 20.6 Å². The first-order valence-electron chi connectivity index (χ1n) is 7.22. The summed E-state index contributed by atoms with van der Waals surface area (Å²) < 4.78 is 30.5. The minimum absolute atomic E-state index is 0.0217. The van der Waals surface area contributed by atoms with E-state index >= 15 is 0 Å². The van der Waals surface area contributed by atoms with Crippen LogP contribution in [0.4, 0.5) is 0 Å². The van der Waals surface area contributed by atoms with Crippen LogP contribution in [0.15, 0.2) is 21.6 Å². The summed E-state index contributed by atoms with van der Waals surface area (Å²) in [6.07, 6.45) is 1.76. The van der Waals surface area contributed by atoms with Crippen molar-refractivity contribution in [3.8, 4) is 0 Å². The zero-order valence-corrected chi connectivity index (χ0v) is 13.6. The van der Waals surface area contributed by atoms with Gasteiger partial charge in [-0.1, -0.05) is 0 Å². The maximum atomic E-state index is 12.0. The van der Waals surface area contributed by atoms with Crippen LogP contribution in [-0.4, -0.2) is 56.0 Å². The monoisotopic (exact) mass is 316 g/mol. The Morgan fingerprint density at radius 1 is 1.48 bits per heavy atom. The number of piperidine rings is 1. The third-order valence-corrected chi connectivity index (χ3v) is 5.66. The smallest absolute Gasteiger partial charge is 0.275 e. The highest BCUT2D eigenvalue weighted by atomic mass is 32.2. The van der Waals surface area contributed by atoms with E-state index in [2.05, 4.69) is 4.90 Å². The Hall–Kier alpha value is -0.890. The molecular formula is C14H24N2O4S. The standard InChI is InChI=1S/C14H24N2O4S/c1-11(17)12-5-4-8-16(9-12)10-13-6-7-14(20-13)21(18,19)15(2)3/h6-7,11-12,17H,4-5,8-10H2,1-3H3. The molecule has 2 rings (SSSR count). The second-order valence-electron chi connectivity index (χ2n) is 5.89.